The molecule has 1 aromatic carbocycles. The van der Waals surface area contributed by atoms with E-state index in [9.17, 15) is 4.39 Å². The summed E-state index contributed by atoms with van der Waals surface area (Å²) in [5.41, 5.74) is 1.97. The van der Waals surface area contributed by atoms with E-state index < -0.39 is 0 Å². The summed E-state index contributed by atoms with van der Waals surface area (Å²) in [5.74, 6) is -0.154. The van der Waals surface area contributed by atoms with Gasteiger partial charge in [-0.2, -0.15) is 0 Å². The SMILES string of the molecule is CCN(CC)C(C)(CC)C(NC)c1cc(C)cc(F)c1. The van der Waals surface area contributed by atoms with Crippen LogP contribution in [0.2, 0.25) is 0 Å². The van der Waals surface area contributed by atoms with Crippen LogP contribution in [-0.2, 0) is 0 Å². The second-order valence-corrected chi connectivity index (χ2v) is 5.67. The first-order valence-electron chi connectivity index (χ1n) is 7.62. The van der Waals surface area contributed by atoms with Gasteiger partial charge in [0, 0.05) is 5.54 Å². The van der Waals surface area contributed by atoms with Crippen molar-refractivity contribution in [3.8, 4) is 0 Å². The van der Waals surface area contributed by atoms with Crippen molar-refractivity contribution in [1.82, 2.24) is 10.2 Å². The summed E-state index contributed by atoms with van der Waals surface area (Å²) in [6.45, 7) is 12.8. The molecular weight excluding hydrogens is 251 g/mol. The normalized spacial score (nSPS) is 16.2. The monoisotopic (exact) mass is 280 g/mol. The van der Waals surface area contributed by atoms with Crippen LogP contribution in [0.1, 0.15) is 51.3 Å². The maximum absolute atomic E-state index is 13.7. The highest BCUT2D eigenvalue weighted by Gasteiger charge is 2.37. The Balaban J connectivity index is 3.27. The summed E-state index contributed by atoms with van der Waals surface area (Å²) in [7, 11) is 1.96. The Morgan fingerprint density at radius 2 is 1.80 bits per heavy atom. The van der Waals surface area contributed by atoms with Crippen LogP contribution in [-0.4, -0.2) is 30.6 Å². The molecule has 1 aromatic rings. The Morgan fingerprint density at radius 1 is 1.20 bits per heavy atom. The standard InChI is InChI=1S/C17H29FN2/c1-7-17(5,20(8-2)9-3)16(19-6)14-10-13(4)11-15(18)12-14/h10-12,16,19H,7-9H2,1-6H3. The Morgan fingerprint density at radius 3 is 2.20 bits per heavy atom. The van der Waals surface area contributed by atoms with Gasteiger partial charge in [0.25, 0.3) is 0 Å². The Bertz CT molecular complexity index is 409. The predicted octanol–water partition coefficient (Wildman–Crippen LogP) is 3.91. The van der Waals surface area contributed by atoms with E-state index in [1.807, 2.05) is 14.0 Å². The van der Waals surface area contributed by atoms with Crippen LogP contribution in [0.4, 0.5) is 4.39 Å². The molecule has 20 heavy (non-hydrogen) atoms. The molecule has 1 rings (SSSR count). The van der Waals surface area contributed by atoms with Gasteiger partial charge in [0.05, 0.1) is 6.04 Å². The van der Waals surface area contributed by atoms with Crippen molar-refractivity contribution in [3.63, 3.8) is 0 Å². The van der Waals surface area contributed by atoms with Crippen molar-refractivity contribution in [2.24, 2.45) is 0 Å². The van der Waals surface area contributed by atoms with Gasteiger partial charge < -0.3 is 5.32 Å². The molecule has 0 saturated carbocycles. The number of nitrogens with one attached hydrogen (secondary N) is 1. The second kappa shape index (κ2) is 7.19. The van der Waals surface area contributed by atoms with Gasteiger partial charge in [0.2, 0.25) is 0 Å². The molecule has 0 radical (unpaired) electrons. The van der Waals surface area contributed by atoms with E-state index in [1.165, 1.54) is 0 Å². The molecule has 0 aliphatic carbocycles. The summed E-state index contributed by atoms with van der Waals surface area (Å²) in [6, 6.07) is 5.44. The van der Waals surface area contributed by atoms with E-state index in [0.717, 1.165) is 30.6 Å². The lowest BCUT2D eigenvalue weighted by Crippen LogP contribution is -2.53. The molecule has 3 heteroatoms. The molecule has 2 atom stereocenters. The number of benzene rings is 1. The lowest BCUT2D eigenvalue weighted by Gasteiger charge is -2.46. The van der Waals surface area contributed by atoms with Gasteiger partial charge in [-0.1, -0.05) is 26.8 Å². The Kier molecular flexibility index (Phi) is 6.15. The molecule has 1 N–H and O–H groups in total. The first kappa shape index (κ1) is 17.1. The van der Waals surface area contributed by atoms with Crippen molar-refractivity contribution < 1.29 is 4.39 Å². The molecular formula is C17H29FN2. The van der Waals surface area contributed by atoms with Gasteiger partial charge >= 0.3 is 0 Å². The molecule has 0 fully saturated rings. The molecule has 0 saturated heterocycles. The number of likely N-dealkylation sites (N-methyl/N-ethyl adjacent to an activating group) is 2. The van der Waals surface area contributed by atoms with E-state index >= 15 is 0 Å². The summed E-state index contributed by atoms with van der Waals surface area (Å²) in [6.07, 6.45) is 1.01. The number of hydrogen-bond donors (Lipinski definition) is 1. The third-order valence-corrected chi connectivity index (χ3v) is 4.51. The molecule has 0 amide bonds. The van der Waals surface area contributed by atoms with Crippen LogP contribution in [0.5, 0.6) is 0 Å². The van der Waals surface area contributed by atoms with Gasteiger partial charge in [0.1, 0.15) is 5.82 Å². The number of nitrogens with zero attached hydrogens (tertiary/aromatic N) is 1. The predicted molar refractivity (Wildman–Crippen MR) is 84.6 cm³/mol. The van der Waals surface area contributed by atoms with E-state index in [1.54, 1.807) is 12.1 Å². The van der Waals surface area contributed by atoms with Gasteiger partial charge in [-0.3, -0.25) is 4.90 Å². The largest absolute Gasteiger partial charge is 0.311 e. The van der Waals surface area contributed by atoms with E-state index in [0.29, 0.717) is 0 Å². The number of hydrogen-bond acceptors (Lipinski definition) is 2. The molecule has 2 unspecified atom stereocenters. The summed E-state index contributed by atoms with van der Waals surface area (Å²) >= 11 is 0. The molecule has 0 aliphatic rings. The smallest absolute Gasteiger partial charge is 0.123 e. The minimum Gasteiger partial charge on any atom is -0.311 e. The van der Waals surface area contributed by atoms with Crippen molar-refractivity contribution >= 4 is 0 Å². The van der Waals surface area contributed by atoms with Gasteiger partial charge in [-0.05, 0) is 63.7 Å². The van der Waals surface area contributed by atoms with Crippen LogP contribution < -0.4 is 5.32 Å². The van der Waals surface area contributed by atoms with Crippen molar-refractivity contribution in [3.05, 3.63) is 35.1 Å². The molecule has 0 spiro atoms. The number of halogens is 1. The zero-order valence-electron chi connectivity index (χ0n) is 13.8. The molecule has 114 valence electrons. The van der Waals surface area contributed by atoms with Crippen molar-refractivity contribution in [2.45, 2.75) is 52.6 Å². The second-order valence-electron chi connectivity index (χ2n) is 5.67. The highest BCUT2D eigenvalue weighted by atomic mass is 19.1. The van der Waals surface area contributed by atoms with E-state index in [4.69, 9.17) is 0 Å². The lowest BCUT2D eigenvalue weighted by molar-refractivity contribution is 0.0727. The molecule has 0 heterocycles. The third-order valence-electron chi connectivity index (χ3n) is 4.51. The fraction of sp³-hybridized carbons (Fsp3) is 0.647. The molecule has 0 bridgehead atoms. The summed E-state index contributed by atoms with van der Waals surface area (Å²) < 4.78 is 13.7. The topological polar surface area (TPSA) is 15.3 Å². The van der Waals surface area contributed by atoms with Crippen LogP contribution >= 0.6 is 0 Å². The highest BCUT2D eigenvalue weighted by molar-refractivity contribution is 5.29. The average molecular weight is 280 g/mol. The number of rotatable bonds is 7. The van der Waals surface area contributed by atoms with Crippen molar-refractivity contribution in [1.29, 1.82) is 0 Å². The van der Waals surface area contributed by atoms with Gasteiger partial charge in [-0.15, -0.1) is 0 Å². The maximum Gasteiger partial charge on any atom is 0.123 e. The van der Waals surface area contributed by atoms with Crippen LogP contribution in [0.15, 0.2) is 18.2 Å². The Hall–Kier alpha value is -0.930. The molecule has 0 aromatic heterocycles. The fourth-order valence-corrected chi connectivity index (χ4v) is 3.32. The molecule has 0 aliphatic heterocycles. The first-order valence-corrected chi connectivity index (χ1v) is 7.62. The minimum absolute atomic E-state index is 0.0293. The zero-order valence-corrected chi connectivity index (χ0v) is 13.8. The van der Waals surface area contributed by atoms with Crippen molar-refractivity contribution in [2.75, 3.05) is 20.1 Å². The third kappa shape index (κ3) is 3.39. The summed E-state index contributed by atoms with van der Waals surface area (Å²) in [4.78, 5) is 2.45. The lowest BCUT2D eigenvalue weighted by atomic mass is 9.82. The van der Waals surface area contributed by atoms with E-state index in [2.05, 4.69) is 44.0 Å². The quantitative estimate of drug-likeness (QED) is 0.815. The number of aryl methyl sites for hydroxylation is 1. The minimum atomic E-state index is -0.154. The van der Waals surface area contributed by atoms with Crippen LogP contribution in [0, 0.1) is 12.7 Å². The molecule has 2 nitrogen and oxygen atoms in total. The van der Waals surface area contributed by atoms with E-state index in [-0.39, 0.29) is 17.4 Å². The van der Waals surface area contributed by atoms with Crippen LogP contribution in [0.3, 0.4) is 0 Å². The van der Waals surface area contributed by atoms with Crippen LogP contribution in [0.25, 0.3) is 0 Å². The Labute approximate surface area is 123 Å². The summed E-state index contributed by atoms with van der Waals surface area (Å²) in [5, 5.41) is 3.41. The average Bonchev–Trinajstić information content (AvgIpc) is 2.39. The maximum atomic E-state index is 13.7. The fourth-order valence-electron chi connectivity index (χ4n) is 3.32. The first-order chi connectivity index (χ1) is 9.42. The van der Waals surface area contributed by atoms with Gasteiger partial charge in [-0.25, -0.2) is 4.39 Å². The highest BCUT2D eigenvalue weighted by Crippen LogP contribution is 2.34. The zero-order chi connectivity index (χ0) is 15.3. The van der Waals surface area contributed by atoms with Gasteiger partial charge in [0.15, 0.2) is 0 Å².